The van der Waals surface area contributed by atoms with Gasteiger partial charge in [0.25, 0.3) is 0 Å². The van der Waals surface area contributed by atoms with Crippen LogP contribution in [0.3, 0.4) is 0 Å². The summed E-state index contributed by atoms with van der Waals surface area (Å²) in [7, 11) is 2.03. The molecule has 1 aliphatic rings. The molecule has 272 valence electrons. The first-order valence-corrected chi connectivity index (χ1v) is 16.8. The zero-order valence-corrected chi connectivity index (χ0v) is 30.4. The minimum atomic E-state index is -2.27. The standard InChI is InChI=1S/C29H48N4O4S.C4H6O6/c1-20(26(36)32-14-12-31(9)13-15-32)30-27(37)33(16-17-38-21(2)34)11-10-22-18-23(28(3,4)5)25(35)24(19-22)29(6,7)8;5-1(3(7)8)2(6)4(9)10/h18-20,35H,10-17H2,1-9H3,(H,30,37);1-2,5-6H,(H,7,8)(H,9,10)/t20-;/m0./s1. The van der Waals surface area contributed by atoms with Crippen LogP contribution in [0.4, 0.5) is 4.79 Å². The van der Waals surface area contributed by atoms with E-state index >= 15 is 0 Å². The number of piperazine rings is 1. The van der Waals surface area contributed by atoms with Crippen LogP contribution in [0.2, 0.25) is 0 Å². The summed E-state index contributed by atoms with van der Waals surface area (Å²) in [5, 5.41) is 46.5. The Morgan fingerprint density at radius 1 is 0.875 bits per heavy atom. The minimum Gasteiger partial charge on any atom is -0.507 e. The molecule has 14 nitrogen and oxygen atoms in total. The van der Waals surface area contributed by atoms with Gasteiger partial charge in [0.2, 0.25) is 5.91 Å². The van der Waals surface area contributed by atoms with E-state index in [0.717, 1.165) is 29.8 Å². The molecule has 1 aromatic rings. The number of phenols is 1. The van der Waals surface area contributed by atoms with E-state index in [-0.39, 0.29) is 27.9 Å². The average Bonchev–Trinajstić information content (AvgIpc) is 2.97. The van der Waals surface area contributed by atoms with Crippen molar-refractivity contribution in [3.05, 3.63) is 28.8 Å². The highest BCUT2D eigenvalue weighted by molar-refractivity contribution is 8.13. The lowest BCUT2D eigenvalue weighted by Crippen LogP contribution is -2.55. The second-order valence-corrected chi connectivity index (χ2v) is 15.3. The molecule has 0 saturated carbocycles. The van der Waals surface area contributed by atoms with Gasteiger partial charge in [-0.2, -0.15) is 0 Å². The van der Waals surface area contributed by atoms with Crippen molar-refractivity contribution in [1.82, 2.24) is 20.0 Å². The molecule has 1 fully saturated rings. The number of thioether (sulfide) groups is 1. The first-order valence-electron chi connectivity index (χ1n) is 15.8. The van der Waals surface area contributed by atoms with Crippen LogP contribution >= 0.6 is 11.8 Å². The van der Waals surface area contributed by atoms with Crippen molar-refractivity contribution in [2.75, 3.05) is 52.1 Å². The van der Waals surface area contributed by atoms with Crippen molar-refractivity contribution in [3.63, 3.8) is 0 Å². The Hall–Kier alpha value is -3.40. The molecule has 0 radical (unpaired) electrons. The molecule has 48 heavy (non-hydrogen) atoms. The highest BCUT2D eigenvalue weighted by Gasteiger charge is 2.30. The molecule has 1 aromatic carbocycles. The van der Waals surface area contributed by atoms with Gasteiger partial charge in [0.15, 0.2) is 17.3 Å². The normalized spacial score (nSPS) is 15.8. The van der Waals surface area contributed by atoms with Crippen molar-refractivity contribution in [2.24, 2.45) is 0 Å². The summed E-state index contributed by atoms with van der Waals surface area (Å²) in [6.07, 6.45) is -3.94. The van der Waals surface area contributed by atoms with Gasteiger partial charge in [-0.3, -0.25) is 9.59 Å². The van der Waals surface area contributed by atoms with Crippen LogP contribution in [0.15, 0.2) is 12.1 Å². The number of nitrogens with zero attached hydrogens (tertiary/aromatic N) is 3. The van der Waals surface area contributed by atoms with Gasteiger partial charge in [-0.25, -0.2) is 14.4 Å². The third-order valence-electron chi connectivity index (χ3n) is 7.74. The van der Waals surface area contributed by atoms with E-state index in [1.807, 2.05) is 19.2 Å². The Morgan fingerprint density at radius 3 is 1.73 bits per heavy atom. The quantitative estimate of drug-likeness (QED) is 0.196. The van der Waals surface area contributed by atoms with Crippen LogP contribution in [-0.2, 0) is 36.4 Å². The van der Waals surface area contributed by atoms with Gasteiger partial charge in [-0.1, -0.05) is 65.4 Å². The summed E-state index contributed by atoms with van der Waals surface area (Å²) in [6, 6.07) is 3.12. The summed E-state index contributed by atoms with van der Waals surface area (Å²) in [6.45, 7) is 19.5. The summed E-state index contributed by atoms with van der Waals surface area (Å²) in [5.74, 6) is -2.80. The molecule has 3 amide bonds. The summed E-state index contributed by atoms with van der Waals surface area (Å²) >= 11 is 1.19. The maximum Gasteiger partial charge on any atom is 0.335 e. The van der Waals surface area contributed by atoms with E-state index < -0.39 is 30.2 Å². The molecular formula is C33H54N4O10S. The van der Waals surface area contributed by atoms with E-state index in [0.29, 0.717) is 44.1 Å². The molecule has 1 aliphatic heterocycles. The first kappa shape index (κ1) is 42.6. The number of carboxylic acid groups (broad SMARTS) is 2. The monoisotopic (exact) mass is 698 g/mol. The Labute approximate surface area is 287 Å². The number of carboxylic acids is 2. The first-order chi connectivity index (χ1) is 22.0. The second kappa shape index (κ2) is 18.4. The van der Waals surface area contributed by atoms with E-state index in [1.54, 1.807) is 16.7 Å². The number of phenolic OH excluding ortho intramolecular Hbond substituents is 1. The lowest BCUT2D eigenvalue weighted by Gasteiger charge is -2.34. The summed E-state index contributed by atoms with van der Waals surface area (Å²) in [4.78, 5) is 63.0. The van der Waals surface area contributed by atoms with Gasteiger partial charge in [-0.05, 0) is 47.9 Å². The average molecular weight is 699 g/mol. The number of aliphatic hydroxyl groups is 2. The van der Waals surface area contributed by atoms with Crippen molar-refractivity contribution >= 4 is 40.8 Å². The number of hydrogen-bond acceptors (Lipinski definition) is 10. The van der Waals surface area contributed by atoms with Crippen LogP contribution in [0, 0.1) is 0 Å². The predicted molar refractivity (Wildman–Crippen MR) is 183 cm³/mol. The van der Waals surface area contributed by atoms with E-state index in [2.05, 4.69) is 51.8 Å². The molecule has 3 atom stereocenters. The van der Waals surface area contributed by atoms with Crippen LogP contribution < -0.4 is 5.32 Å². The molecular weight excluding hydrogens is 644 g/mol. The van der Waals surface area contributed by atoms with Gasteiger partial charge in [0, 0.05) is 51.9 Å². The molecule has 0 aromatic heterocycles. The van der Waals surface area contributed by atoms with E-state index in [1.165, 1.54) is 18.7 Å². The molecule has 0 spiro atoms. The Bertz CT molecular complexity index is 1230. The minimum absolute atomic E-state index is 0.00661. The molecule has 1 heterocycles. The molecule has 2 rings (SSSR count). The number of likely N-dealkylation sites (N-methyl/N-ethyl adjacent to an activating group) is 1. The third kappa shape index (κ3) is 13.6. The lowest BCUT2D eigenvalue weighted by molar-refractivity contribution is -0.165. The number of benzene rings is 1. The smallest absolute Gasteiger partial charge is 0.335 e. The molecule has 15 heteroatoms. The van der Waals surface area contributed by atoms with Crippen molar-refractivity contribution in [2.45, 2.75) is 90.9 Å². The van der Waals surface area contributed by atoms with Gasteiger partial charge < -0.3 is 45.5 Å². The largest absolute Gasteiger partial charge is 0.507 e. The number of rotatable bonds is 11. The Kier molecular flexibility index (Phi) is 16.3. The Balaban J connectivity index is 0.000000993. The number of nitrogens with one attached hydrogen (secondary N) is 1. The van der Waals surface area contributed by atoms with Crippen LogP contribution in [-0.4, -0.2) is 140 Å². The fraction of sp³-hybridized carbons (Fsp3) is 0.667. The number of aliphatic carboxylic acids is 2. The highest BCUT2D eigenvalue weighted by atomic mass is 32.2. The molecule has 2 unspecified atom stereocenters. The predicted octanol–water partition coefficient (Wildman–Crippen LogP) is 1.86. The Morgan fingerprint density at radius 2 is 1.33 bits per heavy atom. The number of carbonyl (C=O) groups excluding carboxylic acids is 3. The van der Waals surface area contributed by atoms with Crippen LogP contribution in [0.5, 0.6) is 5.75 Å². The van der Waals surface area contributed by atoms with Crippen LogP contribution in [0.1, 0.15) is 72.1 Å². The topological polar surface area (TPSA) is 208 Å². The fourth-order valence-electron chi connectivity index (χ4n) is 4.77. The van der Waals surface area contributed by atoms with Gasteiger partial charge >= 0.3 is 18.0 Å². The van der Waals surface area contributed by atoms with Crippen molar-refractivity contribution in [3.8, 4) is 5.75 Å². The molecule has 0 aliphatic carbocycles. The molecule has 1 saturated heterocycles. The van der Waals surface area contributed by atoms with Crippen LogP contribution in [0.25, 0.3) is 0 Å². The maximum absolute atomic E-state index is 13.3. The van der Waals surface area contributed by atoms with E-state index in [9.17, 15) is 29.1 Å². The highest BCUT2D eigenvalue weighted by Crippen LogP contribution is 2.39. The number of amides is 3. The van der Waals surface area contributed by atoms with Crippen molar-refractivity contribution < 1.29 is 49.5 Å². The van der Waals surface area contributed by atoms with Gasteiger partial charge in [0.1, 0.15) is 11.8 Å². The third-order valence-corrected chi connectivity index (χ3v) is 8.53. The lowest BCUT2D eigenvalue weighted by atomic mass is 9.78. The van der Waals surface area contributed by atoms with Crippen molar-refractivity contribution in [1.29, 1.82) is 0 Å². The van der Waals surface area contributed by atoms with Gasteiger partial charge in [0.05, 0.1) is 0 Å². The number of carbonyl (C=O) groups is 5. The molecule has 0 bridgehead atoms. The fourth-order valence-corrected chi connectivity index (χ4v) is 5.37. The SMILES string of the molecule is CC(=O)SCCN(CCc1cc(C(C)(C)C)c(O)c(C(C)(C)C)c1)C(=O)N[C@@H](C)C(=O)N1CCN(C)CC1.O=C(O)C(O)C(O)C(=O)O. The molecule has 6 N–H and O–H groups in total. The number of urea groups is 1. The number of aromatic hydroxyl groups is 1. The zero-order chi connectivity index (χ0) is 37.1. The maximum atomic E-state index is 13.3. The number of aliphatic hydroxyl groups excluding tert-OH is 2. The van der Waals surface area contributed by atoms with Gasteiger partial charge in [-0.15, -0.1) is 0 Å². The zero-order valence-electron chi connectivity index (χ0n) is 29.6. The van der Waals surface area contributed by atoms with E-state index in [4.69, 9.17) is 20.4 Å². The second-order valence-electron chi connectivity index (χ2n) is 14.0. The summed E-state index contributed by atoms with van der Waals surface area (Å²) in [5.41, 5.74) is 2.32. The summed E-state index contributed by atoms with van der Waals surface area (Å²) < 4.78 is 0. The number of hydrogen-bond donors (Lipinski definition) is 6.